The van der Waals surface area contributed by atoms with E-state index in [0.717, 1.165) is 0 Å². The number of phenols is 1. The number of nitrogens with zero attached hydrogens (tertiary/aromatic N) is 1. The summed E-state index contributed by atoms with van der Waals surface area (Å²) in [6, 6.07) is 6.24. The number of H-pyrrole nitrogens is 3. The van der Waals surface area contributed by atoms with Gasteiger partial charge < -0.3 is 10.4 Å². The number of aromatic amines is 3. The highest BCUT2D eigenvalue weighted by Crippen LogP contribution is 2.16. The maximum Gasteiger partial charge on any atom is 0.325 e. The van der Waals surface area contributed by atoms with Gasteiger partial charge in [-0.1, -0.05) is 0 Å². The van der Waals surface area contributed by atoms with Gasteiger partial charge in [-0.3, -0.25) is 19.7 Å². The van der Waals surface area contributed by atoms with Gasteiger partial charge in [0, 0.05) is 5.69 Å². The standard InChI is InChI=1S/C11H9N5O3/c17-6-3-1-5(2-4-6)12-10-14-8-7(9(18)16-10)13-11(19)15-8/h1-4,17H,(H4,12,13,14,15,16,18,19). The Morgan fingerprint density at radius 1 is 1.05 bits per heavy atom. The lowest BCUT2D eigenvalue weighted by atomic mass is 10.3. The second-order valence-electron chi connectivity index (χ2n) is 3.89. The van der Waals surface area contributed by atoms with Crippen LogP contribution in [0.15, 0.2) is 33.9 Å². The third kappa shape index (κ3) is 2.06. The van der Waals surface area contributed by atoms with Crippen molar-refractivity contribution in [3.05, 3.63) is 45.1 Å². The molecule has 0 radical (unpaired) electrons. The van der Waals surface area contributed by atoms with Crippen LogP contribution in [-0.4, -0.2) is 25.0 Å². The van der Waals surface area contributed by atoms with Crippen molar-refractivity contribution in [1.82, 2.24) is 19.9 Å². The number of anilines is 2. The fourth-order valence-corrected chi connectivity index (χ4v) is 1.67. The van der Waals surface area contributed by atoms with Crippen LogP contribution in [0.1, 0.15) is 0 Å². The summed E-state index contributed by atoms with van der Waals surface area (Å²) in [5.74, 6) is 0.329. The smallest absolute Gasteiger partial charge is 0.325 e. The Kier molecular flexibility index (Phi) is 2.34. The van der Waals surface area contributed by atoms with Gasteiger partial charge in [-0.2, -0.15) is 4.98 Å². The molecule has 1 aromatic carbocycles. The van der Waals surface area contributed by atoms with Crippen molar-refractivity contribution < 1.29 is 5.11 Å². The summed E-state index contributed by atoms with van der Waals surface area (Å²) in [5, 5.41) is 12.0. The number of benzene rings is 1. The van der Waals surface area contributed by atoms with E-state index in [4.69, 9.17) is 5.11 Å². The molecule has 3 aromatic rings. The van der Waals surface area contributed by atoms with Gasteiger partial charge in [0.15, 0.2) is 11.2 Å². The van der Waals surface area contributed by atoms with Gasteiger partial charge >= 0.3 is 5.69 Å². The quantitative estimate of drug-likeness (QED) is 0.425. The van der Waals surface area contributed by atoms with E-state index in [-0.39, 0.29) is 22.9 Å². The molecule has 0 saturated heterocycles. The number of fused-ring (bicyclic) bond motifs is 1. The Morgan fingerprint density at radius 3 is 2.53 bits per heavy atom. The zero-order valence-corrected chi connectivity index (χ0v) is 9.52. The molecule has 0 amide bonds. The van der Waals surface area contributed by atoms with Crippen molar-refractivity contribution in [2.24, 2.45) is 0 Å². The molecule has 0 spiro atoms. The molecule has 0 saturated carbocycles. The molecule has 96 valence electrons. The van der Waals surface area contributed by atoms with Gasteiger partial charge in [0.2, 0.25) is 5.95 Å². The Bertz CT molecular complexity index is 843. The Hall–Kier alpha value is -3.03. The summed E-state index contributed by atoms with van der Waals surface area (Å²) in [6.45, 7) is 0. The van der Waals surface area contributed by atoms with Gasteiger partial charge in [0.25, 0.3) is 5.56 Å². The van der Waals surface area contributed by atoms with E-state index in [1.54, 1.807) is 12.1 Å². The summed E-state index contributed by atoms with van der Waals surface area (Å²) in [4.78, 5) is 34.1. The molecule has 0 aliphatic rings. The summed E-state index contributed by atoms with van der Waals surface area (Å²) >= 11 is 0. The minimum absolute atomic E-state index is 0.0984. The normalized spacial score (nSPS) is 10.7. The molecule has 3 rings (SSSR count). The lowest BCUT2D eigenvalue weighted by Gasteiger charge is -2.04. The number of aromatic nitrogens is 4. The maximum atomic E-state index is 11.7. The first-order chi connectivity index (χ1) is 9.11. The predicted octanol–water partition coefficient (Wildman–Crippen LogP) is 0.389. The Labute approximate surface area is 105 Å². The number of hydrogen-bond donors (Lipinski definition) is 5. The molecule has 0 aliphatic carbocycles. The molecule has 0 fully saturated rings. The molecule has 8 heteroatoms. The average molecular weight is 259 g/mol. The molecule has 0 bridgehead atoms. The van der Waals surface area contributed by atoms with Crippen LogP contribution in [0.2, 0.25) is 0 Å². The second-order valence-corrected chi connectivity index (χ2v) is 3.89. The van der Waals surface area contributed by atoms with E-state index in [1.165, 1.54) is 12.1 Å². The van der Waals surface area contributed by atoms with Crippen molar-refractivity contribution in [1.29, 1.82) is 0 Å². The minimum atomic E-state index is -0.491. The number of phenolic OH excluding ortho intramolecular Hbond substituents is 1. The monoisotopic (exact) mass is 259 g/mol. The van der Waals surface area contributed by atoms with Crippen molar-refractivity contribution in [2.75, 3.05) is 5.32 Å². The molecular formula is C11H9N5O3. The first-order valence-electron chi connectivity index (χ1n) is 5.40. The van der Waals surface area contributed by atoms with Crippen LogP contribution in [0.5, 0.6) is 5.75 Å². The van der Waals surface area contributed by atoms with Gasteiger partial charge in [-0.15, -0.1) is 0 Å². The fraction of sp³-hybridized carbons (Fsp3) is 0. The highest BCUT2D eigenvalue weighted by atomic mass is 16.3. The second kappa shape index (κ2) is 4.02. The highest BCUT2D eigenvalue weighted by molar-refractivity contribution is 5.70. The molecule has 2 aromatic heterocycles. The van der Waals surface area contributed by atoms with Crippen LogP contribution in [0.25, 0.3) is 11.2 Å². The fourth-order valence-electron chi connectivity index (χ4n) is 1.67. The molecule has 0 atom stereocenters. The number of imidazole rings is 1. The van der Waals surface area contributed by atoms with Gasteiger partial charge in [0.1, 0.15) is 5.75 Å². The minimum Gasteiger partial charge on any atom is -0.508 e. The lowest BCUT2D eigenvalue weighted by molar-refractivity contribution is 0.475. The van der Waals surface area contributed by atoms with Crippen LogP contribution in [0, 0.1) is 0 Å². The van der Waals surface area contributed by atoms with Crippen molar-refractivity contribution >= 4 is 22.8 Å². The molecule has 0 unspecified atom stereocenters. The topological polar surface area (TPSA) is 127 Å². The molecule has 8 nitrogen and oxygen atoms in total. The molecule has 0 aliphatic heterocycles. The molecule has 2 heterocycles. The van der Waals surface area contributed by atoms with E-state index in [1.807, 2.05) is 0 Å². The third-order valence-corrected chi connectivity index (χ3v) is 2.52. The van der Waals surface area contributed by atoms with E-state index in [9.17, 15) is 9.59 Å². The Morgan fingerprint density at radius 2 is 1.79 bits per heavy atom. The summed E-state index contributed by atoms with van der Waals surface area (Å²) < 4.78 is 0. The molecule has 19 heavy (non-hydrogen) atoms. The zero-order valence-electron chi connectivity index (χ0n) is 9.52. The van der Waals surface area contributed by atoms with Crippen LogP contribution in [0.4, 0.5) is 11.6 Å². The molecule has 5 N–H and O–H groups in total. The first-order valence-corrected chi connectivity index (χ1v) is 5.40. The predicted molar refractivity (Wildman–Crippen MR) is 68.7 cm³/mol. The SMILES string of the molecule is O=c1[nH]c2nc(Nc3ccc(O)cc3)[nH]c(=O)c2[nH]1. The van der Waals surface area contributed by atoms with Crippen LogP contribution >= 0.6 is 0 Å². The van der Waals surface area contributed by atoms with E-state index >= 15 is 0 Å². The summed E-state index contributed by atoms with van der Waals surface area (Å²) in [6.07, 6.45) is 0. The van der Waals surface area contributed by atoms with Crippen LogP contribution < -0.4 is 16.6 Å². The van der Waals surface area contributed by atoms with Gasteiger partial charge in [-0.05, 0) is 24.3 Å². The highest BCUT2D eigenvalue weighted by Gasteiger charge is 2.07. The first kappa shape index (κ1) is 11.1. The van der Waals surface area contributed by atoms with Gasteiger partial charge in [0.05, 0.1) is 0 Å². The van der Waals surface area contributed by atoms with Crippen LogP contribution in [0.3, 0.4) is 0 Å². The van der Waals surface area contributed by atoms with Crippen molar-refractivity contribution in [2.45, 2.75) is 0 Å². The average Bonchev–Trinajstić information content (AvgIpc) is 2.73. The van der Waals surface area contributed by atoms with E-state index in [2.05, 4.69) is 25.3 Å². The van der Waals surface area contributed by atoms with Crippen molar-refractivity contribution in [3.63, 3.8) is 0 Å². The number of nitrogens with one attached hydrogen (secondary N) is 4. The largest absolute Gasteiger partial charge is 0.508 e. The Balaban J connectivity index is 2.03. The zero-order chi connectivity index (χ0) is 13.4. The third-order valence-electron chi connectivity index (χ3n) is 2.52. The maximum absolute atomic E-state index is 11.7. The van der Waals surface area contributed by atoms with Crippen LogP contribution in [-0.2, 0) is 0 Å². The summed E-state index contributed by atoms with van der Waals surface area (Å²) in [7, 11) is 0. The van der Waals surface area contributed by atoms with E-state index in [0.29, 0.717) is 5.69 Å². The number of hydrogen-bond acceptors (Lipinski definition) is 5. The van der Waals surface area contributed by atoms with Crippen molar-refractivity contribution in [3.8, 4) is 5.75 Å². The summed E-state index contributed by atoms with van der Waals surface area (Å²) in [5.41, 5.74) is -0.0334. The number of aromatic hydroxyl groups is 1. The molecular weight excluding hydrogens is 250 g/mol. The van der Waals surface area contributed by atoms with E-state index < -0.39 is 11.2 Å². The number of rotatable bonds is 2. The lowest BCUT2D eigenvalue weighted by Crippen LogP contribution is -2.11. The van der Waals surface area contributed by atoms with Gasteiger partial charge in [-0.25, -0.2) is 4.79 Å².